The topological polar surface area (TPSA) is 132 Å². The molecule has 0 saturated carbocycles. The standard InChI is InChI=1S/C24H23ClFN7O4/c1-14(2)24(36)37-21(15-3-6-18(26)7-4-15)23(35)33-20(9-10-29-33)22(34)27-12-16-11-17(25)5-8-19(16)32-13-28-30-31-32/h3-8,10-11,13-14,20-21H,9,12H2,1-2H3,(H,27,34)/t20-,21?/m0/s1. The van der Waals surface area contributed by atoms with Crippen molar-refractivity contribution < 1.29 is 23.5 Å². The van der Waals surface area contributed by atoms with Crippen molar-refractivity contribution in [2.75, 3.05) is 0 Å². The minimum absolute atomic E-state index is 0.0663. The fourth-order valence-electron chi connectivity index (χ4n) is 3.61. The Morgan fingerprint density at radius 2 is 1.95 bits per heavy atom. The second-order valence-corrected chi connectivity index (χ2v) is 8.94. The van der Waals surface area contributed by atoms with E-state index >= 15 is 0 Å². The van der Waals surface area contributed by atoms with E-state index in [1.54, 1.807) is 32.0 Å². The van der Waals surface area contributed by atoms with Gasteiger partial charge in [-0.3, -0.25) is 14.4 Å². The number of benzene rings is 2. The zero-order chi connectivity index (χ0) is 26.5. The third-order valence-corrected chi connectivity index (χ3v) is 5.79. The van der Waals surface area contributed by atoms with Gasteiger partial charge in [-0.05, 0) is 46.3 Å². The molecule has 0 radical (unpaired) electrons. The number of tetrazole rings is 1. The predicted octanol–water partition coefficient (Wildman–Crippen LogP) is 2.60. The Balaban J connectivity index is 1.51. The molecule has 1 aromatic heterocycles. The Hall–Kier alpha value is -4.19. The molecule has 192 valence electrons. The number of nitrogens with zero attached hydrogens (tertiary/aromatic N) is 6. The van der Waals surface area contributed by atoms with Crippen LogP contribution in [-0.2, 0) is 25.7 Å². The van der Waals surface area contributed by atoms with E-state index in [1.807, 2.05) is 0 Å². The number of halogens is 2. The molecule has 2 atom stereocenters. The summed E-state index contributed by atoms with van der Waals surface area (Å²) in [7, 11) is 0. The zero-order valence-corrected chi connectivity index (χ0v) is 20.7. The van der Waals surface area contributed by atoms with Crippen molar-refractivity contribution in [1.29, 1.82) is 0 Å². The first-order chi connectivity index (χ1) is 17.7. The van der Waals surface area contributed by atoms with Crippen molar-refractivity contribution in [3.8, 4) is 5.69 Å². The minimum atomic E-state index is -1.40. The van der Waals surface area contributed by atoms with Crippen LogP contribution < -0.4 is 5.32 Å². The summed E-state index contributed by atoms with van der Waals surface area (Å²) < 4.78 is 20.4. The number of esters is 1. The maximum absolute atomic E-state index is 13.5. The number of aromatic nitrogens is 4. The average molecular weight is 528 g/mol. The molecule has 0 aliphatic carbocycles. The number of hydrazone groups is 1. The van der Waals surface area contributed by atoms with Crippen molar-refractivity contribution in [3.63, 3.8) is 0 Å². The van der Waals surface area contributed by atoms with Gasteiger partial charge in [-0.2, -0.15) is 5.10 Å². The Morgan fingerprint density at radius 3 is 2.62 bits per heavy atom. The van der Waals surface area contributed by atoms with Gasteiger partial charge in [0.25, 0.3) is 5.91 Å². The number of nitrogens with one attached hydrogen (secondary N) is 1. The van der Waals surface area contributed by atoms with E-state index in [4.69, 9.17) is 16.3 Å². The number of carbonyl (C=O) groups excluding carboxylic acids is 3. The number of rotatable bonds is 8. The lowest BCUT2D eigenvalue weighted by Gasteiger charge is -2.26. The fraction of sp³-hybridized carbons (Fsp3) is 0.292. The molecule has 0 spiro atoms. The summed E-state index contributed by atoms with van der Waals surface area (Å²) >= 11 is 6.14. The van der Waals surface area contributed by atoms with Gasteiger partial charge in [0.15, 0.2) is 0 Å². The van der Waals surface area contributed by atoms with Crippen molar-refractivity contribution in [2.24, 2.45) is 11.0 Å². The van der Waals surface area contributed by atoms with Crippen LogP contribution in [0.1, 0.15) is 37.5 Å². The largest absolute Gasteiger partial charge is 0.447 e. The molecule has 2 heterocycles. The monoisotopic (exact) mass is 527 g/mol. The molecule has 0 saturated heterocycles. The van der Waals surface area contributed by atoms with Crippen LogP contribution in [0.2, 0.25) is 5.02 Å². The molecule has 1 aliphatic heterocycles. The smallest absolute Gasteiger partial charge is 0.309 e. The lowest BCUT2D eigenvalue weighted by atomic mass is 10.1. The van der Waals surface area contributed by atoms with E-state index in [-0.39, 0.29) is 18.5 Å². The van der Waals surface area contributed by atoms with Gasteiger partial charge in [0.2, 0.25) is 12.0 Å². The van der Waals surface area contributed by atoms with Crippen LogP contribution in [-0.4, -0.2) is 55.3 Å². The van der Waals surface area contributed by atoms with Gasteiger partial charge in [-0.1, -0.05) is 37.6 Å². The van der Waals surface area contributed by atoms with E-state index in [0.29, 0.717) is 16.3 Å². The number of hydrogen-bond acceptors (Lipinski definition) is 8. The molecule has 0 bridgehead atoms. The molecule has 1 unspecified atom stereocenters. The molecule has 2 amide bonds. The molecule has 11 nitrogen and oxygen atoms in total. The van der Waals surface area contributed by atoms with E-state index in [1.165, 1.54) is 29.4 Å². The highest BCUT2D eigenvalue weighted by atomic mass is 35.5. The van der Waals surface area contributed by atoms with Gasteiger partial charge in [0, 0.05) is 29.8 Å². The zero-order valence-electron chi connectivity index (χ0n) is 19.9. The average Bonchev–Trinajstić information content (AvgIpc) is 3.59. The van der Waals surface area contributed by atoms with Crippen LogP contribution in [0.3, 0.4) is 0 Å². The van der Waals surface area contributed by atoms with E-state index in [9.17, 15) is 18.8 Å². The summed E-state index contributed by atoms with van der Waals surface area (Å²) in [6, 6.07) is 9.08. The fourth-order valence-corrected chi connectivity index (χ4v) is 3.80. The van der Waals surface area contributed by atoms with E-state index in [0.717, 1.165) is 17.1 Å². The quantitative estimate of drug-likeness (QED) is 0.445. The molecule has 37 heavy (non-hydrogen) atoms. The number of amides is 2. The predicted molar refractivity (Wildman–Crippen MR) is 130 cm³/mol. The third-order valence-electron chi connectivity index (χ3n) is 5.55. The van der Waals surface area contributed by atoms with E-state index < -0.39 is 41.7 Å². The lowest BCUT2D eigenvalue weighted by Crippen LogP contribution is -2.46. The molecule has 2 aromatic carbocycles. The summed E-state index contributed by atoms with van der Waals surface area (Å²) in [5.74, 6) is -2.86. The molecule has 1 N–H and O–H groups in total. The molecule has 4 rings (SSSR count). The van der Waals surface area contributed by atoms with E-state index in [2.05, 4.69) is 25.9 Å². The van der Waals surface area contributed by atoms with Crippen molar-refractivity contribution in [3.05, 3.63) is 70.8 Å². The summed E-state index contributed by atoms with van der Waals surface area (Å²) in [6.07, 6.45) is 1.59. The molecular weight excluding hydrogens is 505 g/mol. The van der Waals surface area contributed by atoms with Crippen molar-refractivity contribution in [2.45, 2.75) is 39.0 Å². The Bertz CT molecular complexity index is 1320. The summed E-state index contributed by atoms with van der Waals surface area (Å²) in [4.78, 5) is 38.9. The van der Waals surface area contributed by atoms with Gasteiger partial charge >= 0.3 is 5.97 Å². The summed E-state index contributed by atoms with van der Waals surface area (Å²) in [6.45, 7) is 3.31. The van der Waals surface area contributed by atoms with Crippen LogP contribution in [0, 0.1) is 11.7 Å². The van der Waals surface area contributed by atoms with Crippen LogP contribution in [0.4, 0.5) is 4.39 Å². The maximum Gasteiger partial charge on any atom is 0.309 e. The second kappa shape index (κ2) is 11.2. The van der Waals surface area contributed by atoms with Gasteiger partial charge in [0.1, 0.15) is 18.2 Å². The molecule has 1 aliphatic rings. The highest BCUT2D eigenvalue weighted by Gasteiger charge is 2.39. The van der Waals surface area contributed by atoms with Crippen LogP contribution in [0.25, 0.3) is 5.69 Å². The van der Waals surface area contributed by atoms with Crippen LogP contribution in [0.5, 0.6) is 0 Å². The van der Waals surface area contributed by atoms with Crippen LogP contribution in [0.15, 0.2) is 53.9 Å². The van der Waals surface area contributed by atoms with Crippen LogP contribution >= 0.6 is 11.6 Å². The number of hydrogen-bond donors (Lipinski definition) is 1. The maximum atomic E-state index is 13.5. The Kier molecular flexibility index (Phi) is 7.87. The van der Waals surface area contributed by atoms with Gasteiger partial charge in [0.05, 0.1) is 11.6 Å². The highest BCUT2D eigenvalue weighted by molar-refractivity contribution is 6.30. The van der Waals surface area contributed by atoms with Gasteiger partial charge in [-0.15, -0.1) is 5.10 Å². The summed E-state index contributed by atoms with van der Waals surface area (Å²) in [5.41, 5.74) is 1.51. The minimum Gasteiger partial charge on any atom is -0.447 e. The lowest BCUT2D eigenvalue weighted by molar-refractivity contribution is -0.164. The van der Waals surface area contributed by atoms with Crippen molar-refractivity contribution in [1.82, 2.24) is 30.5 Å². The second-order valence-electron chi connectivity index (χ2n) is 8.50. The first-order valence-corrected chi connectivity index (χ1v) is 11.7. The summed E-state index contributed by atoms with van der Waals surface area (Å²) in [5, 5.41) is 19.4. The molecular formula is C24H23ClFN7O4. The normalized spacial score (nSPS) is 15.6. The number of carbonyl (C=O) groups is 3. The SMILES string of the molecule is CC(C)C(=O)OC(C(=O)N1N=CC[C@H]1C(=O)NCc1cc(Cl)ccc1-n1cnnn1)c1ccc(F)cc1. The highest BCUT2D eigenvalue weighted by Crippen LogP contribution is 2.26. The molecule has 13 heteroatoms. The Labute approximate surface area is 216 Å². The Morgan fingerprint density at radius 1 is 1.19 bits per heavy atom. The van der Waals surface area contributed by atoms with Crippen molar-refractivity contribution >= 4 is 35.6 Å². The third kappa shape index (κ3) is 5.97. The number of ether oxygens (including phenoxy) is 1. The first kappa shape index (κ1) is 25.9. The molecule has 0 fully saturated rings. The van der Waals surface area contributed by atoms with Gasteiger partial charge < -0.3 is 10.1 Å². The molecule has 3 aromatic rings. The first-order valence-electron chi connectivity index (χ1n) is 11.4. The van der Waals surface area contributed by atoms with Gasteiger partial charge in [-0.25, -0.2) is 14.1 Å².